The Labute approximate surface area is 175 Å². The molecule has 1 aliphatic rings. The van der Waals surface area contributed by atoms with Crippen LogP contribution in [0.15, 0.2) is 21.9 Å². The molecule has 1 aromatic carbocycles. The van der Waals surface area contributed by atoms with Crippen molar-refractivity contribution in [2.24, 2.45) is 4.99 Å². The lowest BCUT2D eigenvalue weighted by Crippen LogP contribution is -2.31. The number of carbonyl (C=O) groups excluding carboxylic acids is 1. The SMILES string of the molecule is COC(C)OC(=O)C(C)Oc1cc(Cl)c(F)c(N=c2sc(=O)n3n2CCCC3)c1. The van der Waals surface area contributed by atoms with Gasteiger partial charge in [-0.1, -0.05) is 11.6 Å². The summed E-state index contributed by atoms with van der Waals surface area (Å²) in [5.74, 6) is -1.23. The van der Waals surface area contributed by atoms with Gasteiger partial charge in [0.2, 0.25) is 4.80 Å². The van der Waals surface area contributed by atoms with Crippen molar-refractivity contribution in [1.82, 2.24) is 9.36 Å². The third kappa shape index (κ3) is 4.88. The minimum Gasteiger partial charge on any atom is -0.479 e. The lowest BCUT2D eigenvalue weighted by atomic mass is 10.3. The summed E-state index contributed by atoms with van der Waals surface area (Å²) in [6.45, 7) is 4.29. The predicted molar refractivity (Wildman–Crippen MR) is 105 cm³/mol. The van der Waals surface area contributed by atoms with Crippen LogP contribution in [0.1, 0.15) is 26.7 Å². The summed E-state index contributed by atoms with van der Waals surface area (Å²) < 4.78 is 33.3. The zero-order valence-electron chi connectivity index (χ0n) is 16.2. The van der Waals surface area contributed by atoms with Crippen LogP contribution in [0.3, 0.4) is 0 Å². The monoisotopic (exact) mass is 445 g/mol. The number of fused-ring (bicyclic) bond motifs is 1. The quantitative estimate of drug-likeness (QED) is 0.504. The van der Waals surface area contributed by atoms with E-state index in [0.717, 1.165) is 24.2 Å². The predicted octanol–water partition coefficient (Wildman–Crippen LogP) is 2.83. The van der Waals surface area contributed by atoms with Crippen LogP contribution in [0.2, 0.25) is 5.02 Å². The molecule has 2 aromatic rings. The third-order valence-electron chi connectivity index (χ3n) is 4.35. The molecule has 2 heterocycles. The van der Waals surface area contributed by atoms with Gasteiger partial charge in [0.05, 0.1) is 5.02 Å². The van der Waals surface area contributed by atoms with Crippen molar-refractivity contribution in [3.63, 3.8) is 0 Å². The first-order valence-corrected chi connectivity index (χ1v) is 10.2. The van der Waals surface area contributed by atoms with E-state index in [2.05, 4.69) is 4.99 Å². The Morgan fingerprint density at radius 2 is 1.97 bits per heavy atom. The van der Waals surface area contributed by atoms with Gasteiger partial charge in [-0.15, -0.1) is 0 Å². The van der Waals surface area contributed by atoms with Crippen LogP contribution in [0, 0.1) is 5.82 Å². The molecule has 3 rings (SSSR count). The molecular formula is C18H21ClFN3O5S. The molecule has 2 unspecified atom stereocenters. The molecule has 1 aliphatic heterocycles. The number of aromatic nitrogens is 2. The van der Waals surface area contributed by atoms with E-state index in [9.17, 15) is 14.0 Å². The average Bonchev–Trinajstić information content (AvgIpc) is 3.01. The van der Waals surface area contributed by atoms with E-state index < -0.39 is 24.2 Å². The van der Waals surface area contributed by atoms with E-state index in [1.807, 2.05) is 0 Å². The van der Waals surface area contributed by atoms with E-state index in [0.29, 0.717) is 17.9 Å². The summed E-state index contributed by atoms with van der Waals surface area (Å²) >= 11 is 6.92. The molecule has 0 radical (unpaired) electrons. The third-order valence-corrected chi connectivity index (χ3v) is 5.49. The molecule has 29 heavy (non-hydrogen) atoms. The highest BCUT2D eigenvalue weighted by atomic mass is 35.5. The standard InChI is InChI=1S/C18H21ClFN3O5S/c1-10(16(24)28-11(2)26-3)27-12-8-13(19)15(20)14(9-12)21-17-22-6-4-5-7-23(22)18(25)29-17/h8-11H,4-7H2,1-3H3. The number of carbonyl (C=O) groups is 1. The maximum Gasteiger partial charge on any atom is 0.349 e. The molecule has 2 atom stereocenters. The number of hydrogen-bond donors (Lipinski definition) is 0. The minimum atomic E-state index is -0.977. The van der Waals surface area contributed by atoms with Gasteiger partial charge in [-0.25, -0.2) is 18.9 Å². The molecule has 11 heteroatoms. The number of rotatable bonds is 6. The normalized spacial score (nSPS) is 16.2. The first kappa shape index (κ1) is 21.5. The van der Waals surface area contributed by atoms with Crippen molar-refractivity contribution in [3.05, 3.63) is 37.4 Å². The molecular weight excluding hydrogens is 425 g/mol. The fourth-order valence-electron chi connectivity index (χ4n) is 2.78. The molecule has 1 aromatic heterocycles. The first-order chi connectivity index (χ1) is 13.8. The number of nitrogens with zero attached hydrogens (tertiary/aromatic N) is 3. The van der Waals surface area contributed by atoms with E-state index in [4.69, 9.17) is 25.8 Å². The van der Waals surface area contributed by atoms with Gasteiger partial charge < -0.3 is 14.2 Å². The molecule has 0 aliphatic carbocycles. The molecule has 0 bridgehead atoms. The zero-order chi connectivity index (χ0) is 21.1. The second kappa shape index (κ2) is 9.10. The van der Waals surface area contributed by atoms with Crippen molar-refractivity contribution < 1.29 is 23.4 Å². The maximum atomic E-state index is 14.5. The smallest absolute Gasteiger partial charge is 0.349 e. The number of hydrogen-bond acceptors (Lipinski definition) is 7. The fraction of sp³-hybridized carbons (Fsp3) is 0.500. The topological polar surface area (TPSA) is 84.1 Å². The Hall–Kier alpha value is -2.17. The largest absolute Gasteiger partial charge is 0.479 e. The van der Waals surface area contributed by atoms with Crippen LogP contribution in [-0.2, 0) is 27.4 Å². The Bertz CT molecular complexity index is 1030. The second-order valence-electron chi connectivity index (χ2n) is 6.45. The summed E-state index contributed by atoms with van der Waals surface area (Å²) in [6, 6.07) is 2.58. The van der Waals surface area contributed by atoms with Crippen molar-refractivity contribution in [1.29, 1.82) is 0 Å². The number of esters is 1. The van der Waals surface area contributed by atoms with E-state index >= 15 is 0 Å². The van der Waals surface area contributed by atoms with Gasteiger partial charge in [-0.05, 0) is 38.0 Å². The summed E-state index contributed by atoms with van der Waals surface area (Å²) in [7, 11) is 1.41. The molecule has 0 spiro atoms. The van der Waals surface area contributed by atoms with E-state index in [1.54, 1.807) is 16.3 Å². The van der Waals surface area contributed by atoms with Gasteiger partial charge in [0.1, 0.15) is 11.4 Å². The van der Waals surface area contributed by atoms with Crippen molar-refractivity contribution >= 4 is 34.6 Å². The summed E-state index contributed by atoms with van der Waals surface area (Å²) in [4.78, 5) is 28.7. The Balaban J connectivity index is 1.91. The highest BCUT2D eigenvalue weighted by molar-refractivity contribution is 7.06. The number of ether oxygens (including phenoxy) is 3. The lowest BCUT2D eigenvalue weighted by Gasteiger charge is -2.17. The Morgan fingerprint density at radius 3 is 2.66 bits per heavy atom. The van der Waals surface area contributed by atoms with Gasteiger partial charge in [0.15, 0.2) is 18.2 Å². The molecule has 158 valence electrons. The van der Waals surface area contributed by atoms with Gasteiger partial charge in [0.25, 0.3) is 0 Å². The molecule has 0 saturated heterocycles. The van der Waals surface area contributed by atoms with Crippen molar-refractivity contribution in [2.45, 2.75) is 52.2 Å². The molecule has 0 N–H and O–H groups in total. The maximum absolute atomic E-state index is 14.5. The molecule has 0 amide bonds. The van der Waals surface area contributed by atoms with Gasteiger partial charge >= 0.3 is 10.8 Å². The lowest BCUT2D eigenvalue weighted by molar-refractivity contribution is -0.177. The van der Waals surface area contributed by atoms with Gasteiger partial charge in [-0.3, -0.25) is 9.48 Å². The molecule has 0 saturated carbocycles. The van der Waals surface area contributed by atoms with E-state index in [1.165, 1.54) is 26.2 Å². The summed E-state index contributed by atoms with van der Waals surface area (Å²) in [5, 5.41) is -0.211. The van der Waals surface area contributed by atoms with Gasteiger partial charge in [-0.2, -0.15) is 0 Å². The van der Waals surface area contributed by atoms with E-state index in [-0.39, 0.29) is 21.3 Å². The van der Waals surface area contributed by atoms with Crippen LogP contribution < -0.4 is 14.4 Å². The summed E-state index contributed by atoms with van der Waals surface area (Å²) in [6.07, 6.45) is 0.122. The zero-order valence-corrected chi connectivity index (χ0v) is 17.8. The van der Waals surface area contributed by atoms with Gasteiger partial charge in [0, 0.05) is 32.3 Å². The van der Waals surface area contributed by atoms with Crippen molar-refractivity contribution in [3.8, 4) is 5.75 Å². The van der Waals surface area contributed by atoms with Crippen LogP contribution in [0.5, 0.6) is 5.75 Å². The summed E-state index contributed by atoms with van der Waals surface area (Å²) in [5.41, 5.74) is -0.0824. The second-order valence-corrected chi connectivity index (χ2v) is 7.78. The fourth-order valence-corrected chi connectivity index (χ4v) is 3.87. The number of halogens is 2. The van der Waals surface area contributed by atoms with Crippen molar-refractivity contribution in [2.75, 3.05) is 7.11 Å². The molecule has 8 nitrogen and oxygen atoms in total. The average molecular weight is 446 g/mol. The Kier molecular flexibility index (Phi) is 6.76. The Morgan fingerprint density at radius 1 is 1.28 bits per heavy atom. The van der Waals surface area contributed by atoms with Crippen LogP contribution >= 0.6 is 22.9 Å². The number of benzene rings is 1. The van der Waals surface area contributed by atoms with Crippen LogP contribution in [-0.4, -0.2) is 34.8 Å². The highest BCUT2D eigenvalue weighted by Crippen LogP contribution is 2.31. The number of methoxy groups -OCH3 is 1. The van der Waals surface area contributed by atoms with Crippen LogP contribution in [0.4, 0.5) is 10.1 Å². The molecule has 0 fully saturated rings. The van der Waals surface area contributed by atoms with Crippen LogP contribution in [0.25, 0.3) is 0 Å². The highest BCUT2D eigenvalue weighted by Gasteiger charge is 2.21. The minimum absolute atomic E-state index is 0.0824. The first-order valence-electron chi connectivity index (χ1n) is 9.04.